The zero-order valence-electron chi connectivity index (χ0n) is 15.5. The summed E-state index contributed by atoms with van der Waals surface area (Å²) in [6.07, 6.45) is -0.327. The van der Waals surface area contributed by atoms with Crippen LogP contribution in [0.3, 0.4) is 0 Å². The number of aliphatic carboxylic acids is 1. The van der Waals surface area contributed by atoms with Gasteiger partial charge in [-0.2, -0.15) is 13.2 Å². The first kappa shape index (κ1) is 23.3. The van der Waals surface area contributed by atoms with E-state index in [0.717, 1.165) is 16.6 Å². The highest BCUT2D eigenvalue weighted by atomic mass is 35.5. The molecule has 3 rings (SSSR count). The van der Waals surface area contributed by atoms with Gasteiger partial charge >= 0.3 is 12.1 Å². The van der Waals surface area contributed by atoms with Crippen molar-refractivity contribution in [3.63, 3.8) is 0 Å². The van der Waals surface area contributed by atoms with Crippen molar-refractivity contribution in [2.75, 3.05) is 5.73 Å². The second-order valence-electron chi connectivity index (χ2n) is 5.84. The number of pyridine rings is 1. The van der Waals surface area contributed by atoms with Crippen LogP contribution < -0.4 is 11.1 Å². The summed E-state index contributed by atoms with van der Waals surface area (Å²) in [6, 6.07) is 0. The van der Waals surface area contributed by atoms with Gasteiger partial charge in [-0.25, -0.2) is 9.78 Å². The third kappa shape index (κ3) is 5.33. The number of carboxylic acid groups (broad SMARTS) is 1. The lowest BCUT2D eigenvalue weighted by Crippen LogP contribution is -2.23. The average molecular weight is 462 g/mol. The molecule has 0 fully saturated rings. The first-order valence-electron chi connectivity index (χ1n) is 8.11. The smallest absolute Gasteiger partial charge is 0.475 e. The van der Waals surface area contributed by atoms with Crippen LogP contribution in [0.25, 0.3) is 10.2 Å². The monoisotopic (exact) mass is 461 g/mol. The van der Waals surface area contributed by atoms with E-state index in [4.69, 9.17) is 27.2 Å². The fraction of sp³-hybridized carbons (Fsp3) is 0.235. The van der Waals surface area contributed by atoms with Crippen LogP contribution >= 0.6 is 22.9 Å². The Labute approximate surface area is 176 Å². The number of halogens is 4. The molecule has 0 aliphatic rings. The van der Waals surface area contributed by atoms with Gasteiger partial charge in [0.05, 0.1) is 34.8 Å². The standard InChI is InChI=1S/C15H14ClN5OS.C2HF3O2/c1-7-10-12(17)13(23-15(10)21-8(2)11(7)16)14(22)20-6-9-5-18-3-4-19-9;3-2(4,5)1(6)7/h3-5H,6,17H2,1-2H3,(H,20,22);(H,6,7). The number of nitrogen functional groups attached to an aromatic ring is 1. The third-order valence-electron chi connectivity index (χ3n) is 3.71. The maximum Gasteiger partial charge on any atom is 0.490 e. The van der Waals surface area contributed by atoms with Crippen molar-refractivity contribution < 1.29 is 27.9 Å². The van der Waals surface area contributed by atoms with Crippen LogP contribution in [-0.2, 0) is 11.3 Å². The SMILES string of the molecule is Cc1nc2sc(C(=O)NCc3cnccn3)c(N)c2c(C)c1Cl.O=C(O)C(F)(F)F. The van der Waals surface area contributed by atoms with Gasteiger partial charge in [-0.15, -0.1) is 11.3 Å². The van der Waals surface area contributed by atoms with Gasteiger partial charge in [-0.3, -0.25) is 14.8 Å². The molecule has 0 aromatic carbocycles. The Balaban J connectivity index is 0.000000396. The van der Waals surface area contributed by atoms with E-state index >= 15 is 0 Å². The summed E-state index contributed by atoms with van der Waals surface area (Å²) in [5.41, 5.74) is 8.81. The van der Waals surface area contributed by atoms with Gasteiger partial charge in [0.15, 0.2) is 0 Å². The second-order valence-corrected chi connectivity index (χ2v) is 7.22. The molecule has 0 atom stereocenters. The topological polar surface area (TPSA) is 131 Å². The number of carboxylic acids is 1. The van der Waals surface area contributed by atoms with Gasteiger partial charge in [0.1, 0.15) is 9.71 Å². The van der Waals surface area contributed by atoms with Crippen LogP contribution in [0.4, 0.5) is 18.9 Å². The summed E-state index contributed by atoms with van der Waals surface area (Å²) >= 11 is 7.49. The number of anilines is 1. The number of amides is 1. The molecule has 3 heterocycles. The molecule has 13 heteroatoms. The fourth-order valence-corrected chi connectivity index (χ4v) is 3.55. The molecule has 0 unspecified atom stereocenters. The third-order valence-corrected chi connectivity index (χ3v) is 5.37. The number of thiophene rings is 1. The quantitative estimate of drug-likeness (QED) is 0.544. The summed E-state index contributed by atoms with van der Waals surface area (Å²) < 4.78 is 31.7. The van der Waals surface area contributed by atoms with Gasteiger partial charge < -0.3 is 16.2 Å². The van der Waals surface area contributed by atoms with Crippen LogP contribution in [0.15, 0.2) is 18.6 Å². The Kier molecular flexibility index (Phi) is 7.16. The molecule has 0 radical (unpaired) electrons. The molecule has 0 spiro atoms. The number of nitrogens with two attached hydrogens (primary N) is 1. The molecular weight excluding hydrogens is 447 g/mol. The maximum atomic E-state index is 12.4. The Morgan fingerprint density at radius 2 is 1.93 bits per heavy atom. The van der Waals surface area contributed by atoms with Gasteiger partial charge in [-0.05, 0) is 19.4 Å². The van der Waals surface area contributed by atoms with Crippen LogP contribution in [0.2, 0.25) is 5.02 Å². The number of rotatable bonds is 3. The Morgan fingerprint density at radius 3 is 2.47 bits per heavy atom. The maximum absolute atomic E-state index is 12.4. The number of nitrogens with one attached hydrogen (secondary N) is 1. The highest BCUT2D eigenvalue weighted by Crippen LogP contribution is 2.38. The minimum Gasteiger partial charge on any atom is -0.475 e. The van der Waals surface area contributed by atoms with E-state index in [1.807, 2.05) is 13.8 Å². The van der Waals surface area contributed by atoms with Crippen molar-refractivity contribution >= 4 is 50.7 Å². The highest BCUT2D eigenvalue weighted by molar-refractivity contribution is 7.21. The van der Waals surface area contributed by atoms with Crippen molar-refractivity contribution in [1.29, 1.82) is 0 Å². The van der Waals surface area contributed by atoms with Crippen molar-refractivity contribution in [2.45, 2.75) is 26.6 Å². The Hall–Kier alpha value is -2.99. The van der Waals surface area contributed by atoms with Gasteiger partial charge in [0, 0.05) is 17.8 Å². The molecule has 0 aliphatic carbocycles. The van der Waals surface area contributed by atoms with E-state index < -0.39 is 12.1 Å². The van der Waals surface area contributed by atoms with Gasteiger partial charge in [0.2, 0.25) is 0 Å². The number of fused-ring (bicyclic) bond motifs is 1. The molecule has 3 aromatic heterocycles. The van der Waals surface area contributed by atoms with Crippen molar-refractivity contribution in [2.24, 2.45) is 0 Å². The van der Waals surface area contributed by atoms with E-state index in [-0.39, 0.29) is 12.5 Å². The predicted octanol–water partition coefficient (Wildman–Crippen LogP) is 3.50. The van der Waals surface area contributed by atoms with Crippen molar-refractivity contribution in [1.82, 2.24) is 20.3 Å². The second kappa shape index (κ2) is 9.22. The van der Waals surface area contributed by atoms with Crippen LogP contribution in [0.1, 0.15) is 26.6 Å². The molecule has 0 saturated heterocycles. The van der Waals surface area contributed by atoms with E-state index in [9.17, 15) is 18.0 Å². The Morgan fingerprint density at radius 1 is 1.30 bits per heavy atom. The number of carbonyl (C=O) groups excluding carboxylic acids is 1. The van der Waals surface area contributed by atoms with Gasteiger partial charge in [-0.1, -0.05) is 11.6 Å². The van der Waals surface area contributed by atoms with E-state index in [2.05, 4.69) is 20.3 Å². The fourth-order valence-electron chi connectivity index (χ4n) is 2.30. The average Bonchev–Trinajstić information content (AvgIpc) is 3.01. The summed E-state index contributed by atoms with van der Waals surface area (Å²) in [5.74, 6) is -3.02. The first-order valence-corrected chi connectivity index (χ1v) is 9.30. The largest absolute Gasteiger partial charge is 0.490 e. The highest BCUT2D eigenvalue weighted by Gasteiger charge is 2.38. The minimum absolute atomic E-state index is 0.260. The van der Waals surface area contributed by atoms with E-state index in [1.165, 1.54) is 11.3 Å². The van der Waals surface area contributed by atoms with E-state index in [1.54, 1.807) is 18.6 Å². The molecule has 1 amide bonds. The van der Waals surface area contributed by atoms with Crippen molar-refractivity contribution in [3.8, 4) is 0 Å². The minimum atomic E-state index is -5.08. The lowest BCUT2D eigenvalue weighted by molar-refractivity contribution is -0.192. The van der Waals surface area contributed by atoms with Crippen LogP contribution in [-0.4, -0.2) is 38.1 Å². The predicted molar refractivity (Wildman–Crippen MR) is 105 cm³/mol. The molecule has 8 nitrogen and oxygen atoms in total. The number of alkyl halides is 3. The van der Waals surface area contributed by atoms with Gasteiger partial charge in [0.25, 0.3) is 5.91 Å². The van der Waals surface area contributed by atoms with E-state index in [0.29, 0.717) is 26.1 Å². The zero-order chi connectivity index (χ0) is 22.6. The number of hydrogen-bond acceptors (Lipinski definition) is 7. The summed E-state index contributed by atoms with van der Waals surface area (Å²) in [5, 5.41) is 11.2. The lowest BCUT2D eigenvalue weighted by Gasteiger charge is -2.05. The van der Waals surface area contributed by atoms with Crippen LogP contribution in [0.5, 0.6) is 0 Å². The number of hydrogen-bond donors (Lipinski definition) is 3. The molecule has 30 heavy (non-hydrogen) atoms. The molecule has 3 aromatic rings. The summed E-state index contributed by atoms with van der Waals surface area (Å²) in [4.78, 5) is 34.9. The normalized spacial score (nSPS) is 11.0. The van der Waals surface area contributed by atoms with Crippen LogP contribution in [0, 0.1) is 13.8 Å². The number of carbonyl (C=O) groups is 2. The molecule has 0 aliphatic heterocycles. The molecule has 0 saturated carbocycles. The summed E-state index contributed by atoms with van der Waals surface area (Å²) in [7, 11) is 0. The number of aromatic nitrogens is 3. The summed E-state index contributed by atoms with van der Waals surface area (Å²) in [6.45, 7) is 3.99. The molecule has 0 bridgehead atoms. The number of aryl methyl sites for hydroxylation is 2. The lowest BCUT2D eigenvalue weighted by atomic mass is 10.1. The first-order chi connectivity index (χ1) is 13.9. The van der Waals surface area contributed by atoms with Crippen molar-refractivity contribution in [3.05, 3.63) is 45.4 Å². The molecular formula is C17H15ClF3N5O3S. The zero-order valence-corrected chi connectivity index (χ0v) is 17.1. The molecule has 160 valence electrons. The number of nitrogens with zero attached hydrogens (tertiary/aromatic N) is 3. The molecule has 4 N–H and O–H groups in total. The Bertz CT molecular complexity index is 1090.